The summed E-state index contributed by atoms with van der Waals surface area (Å²) in [4.78, 5) is 24.3. The van der Waals surface area contributed by atoms with Gasteiger partial charge in [0.05, 0.1) is 11.8 Å². The Morgan fingerprint density at radius 2 is 1.67 bits per heavy atom. The van der Waals surface area contributed by atoms with Crippen LogP contribution in [0.1, 0.15) is 25.8 Å². The molecule has 2 unspecified atom stereocenters. The number of hydrogen-bond donors (Lipinski definition) is 2. The topological polar surface area (TPSA) is 67.4 Å². The van der Waals surface area contributed by atoms with E-state index in [2.05, 4.69) is 10.6 Å². The Hall–Kier alpha value is -2.82. The molecular formula is C22H26N2O3. The Bertz CT molecular complexity index is 772. The molecule has 0 spiro atoms. The van der Waals surface area contributed by atoms with Gasteiger partial charge in [-0.3, -0.25) is 9.59 Å². The second-order valence-electron chi connectivity index (χ2n) is 7.38. The van der Waals surface area contributed by atoms with Crippen LogP contribution in [0.15, 0.2) is 54.6 Å². The first kappa shape index (κ1) is 19.0. The molecule has 1 aliphatic carbocycles. The first-order valence-corrected chi connectivity index (χ1v) is 9.38. The van der Waals surface area contributed by atoms with Crippen LogP contribution in [-0.4, -0.2) is 18.4 Å². The van der Waals surface area contributed by atoms with Crippen molar-refractivity contribution in [2.45, 2.75) is 26.9 Å². The summed E-state index contributed by atoms with van der Waals surface area (Å²) in [7, 11) is 0. The molecule has 142 valence electrons. The van der Waals surface area contributed by atoms with Gasteiger partial charge >= 0.3 is 0 Å². The number of rotatable bonds is 8. The summed E-state index contributed by atoms with van der Waals surface area (Å²) in [5, 5.41) is 5.77. The quantitative estimate of drug-likeness (QED) is 0.750. The van der Waals surface area contributed by atoms with E-state index in [1.165, 1.54) is 0 Å². The molecule has 3 rings (SSSR count). The minimum absolute atomic E-state index is 0.0199. The van der Waals surface area contributed by atoms with E-state index in [0.717, 1.165) is 11.3 Å². The monoisotopic (exact) mass is 366 g/mol. The van der Waals surface area contributed by atoms with Crippen LogP contribution in [0.4, 0.5) is 5.69 Å². The number of nitrogens with one attached hydrogen (secondary N) is 2. The summed E-state index contributed by atoms with van der Waals surface area (Å²) < 4.78 is 5.74. The number of carbonyl (C=O) groups excluding carboxylic acids is 2. The molecule has 1 saturated carbocycles. The van der Waals surface area contributed by atoms with Crippen molar-refractivity contribution in [3.05, 3.63) is 60.2 Å². The van der Waals surface area contributed by atoms with Gasteiger partial charge in [0.2, 0.25) is 11.8 Å². The molecule has 0 aromatic heterocycles. The van der Waals surface area contributed by atoms with Crippen LogP contribution in [0.3, 0.4) is 0 Å². The zero-order chi connectivity index (χ0) is 19.2. The predicted octanol–water partition coefficient (Wildman–Crippen LogP) is 3.61. The van der Waals surface area contributed by atoms with Crippen molar-refractivity contribution in [2.75, 3.05) is 11.9 Å². The molecule has 1 aliphatic rings. The average molecular weight is 366 g/mol. The lowest BCUT2D eigenvalue weighted by Gasteiger charge is -2.09. The van der Waals surface area contributed by atoms with Gasteiger partial charge in [0.15, 0.2) is 0 Å². The Labute approximate surface area is 160 Å². The molecule has 0 bridgehead atoms. The fourth-order valence-corrected chi connectivity index (χ4v) is 2.82. The van der Waals surface area contributed by atoms with Gasteiger partial charge in [0.1, 0.15) is 12.4 Å². The van der Waals surface area contributed by atoms with Gasteiger partial charge in [-0.2, -0.15) is 0 Å². The van der Waals surface area contributed by atoms with E-state index in [4.69, 9.17) is 4.74 Å². The molecule has 2 N–H and O–H groups in total. The first-order valence-electron chi connectivity index (χ1n) is 9.38. The third-order valence-corrected chi connectivity index (χ3v) is 4.52. The molecule has 2 amide bonds. The number of ether oxygens (including phenoxy) is 1. The first-order chi connectivity index (χ1) is 13.0. The fourth-order valence-electron chi connectivity index (χ4n) is 2.82. The van der Waals surface area contributed by atoms with Gasteiger partial charge in [0.25, 0.3) is 0 Å². The maximum absolute atomic E-state index is 12.3. The van der Waals surface area contributed by atoms with Crippen LogP contribution in [0.25, 0.3) is 0 Å². The maximum Gasteiger partial charge on any atom is 0.228 e. The summed E-state index contributed by atoms with van der Waals surface area (Å²) in [6.07, 6.45) is 0.619. The highest BCUT2D eigenvalue weighted by Crippen LogP contribution is 2.39. The number of carbonyl (C=O) groups is 2. The highest BCUT2D eigenvalue weighted by atomic mass is 16.5. The zero-order valence-corrected chi connectivity index (χ0v) is 15.8. The van der Waals surface area contributed by atoms with Gasteiger partial charge in [0, 0.05) is 12.2 Å². The Morgan fingerprint density at radius 1 is 1.00 bits per heavy atom. The van der Waals surface area contributed by atoms with Crippen molar-refractivity contribution >= 4 is 17.5 Å². The van der Waals surface area contributed by atoms with Crippen molar-refractivity contribution in [1.82, 2.24) is 5.32 Å². The normalized spacial score (nSPS) is 18.0. The van der Waals surface area contributed by atoms with Gasteiger partial charge < -0.3 is 15.4 Å². The third kappa shape index (κ3) is 5.58. The molecule has 2 aromatic carbocycles. The summed E-state index contributed by atoms with van der Waals surface area (Å²) in [6.45, 7) is 5.24. The van der Waals surface area contributed by atoms with Crippen LogP contribution >= 0.6 is 0 Å². The smallest absolute Gasteiger partial charge is 0.228 e. The second-order valence-corrected chi connectivity index (χ2v) is 7.38. The highest BCUT2D eigenvalue weighted by molar-refractivity contribution is 5.99. The third-order valence-electron chi connectivity index (χ3n) is 4.52. The van der Waals surface area contributed by atoms with Crippen LogP contribution < -0.4 is 15.4 Å². The van der Waals surface area contributed by atoms with Crippen LogP contribution in [0.2, 0.25) is 0 Å². The average Bonchev–Trinajstić information content (AvgIpc) is 3.47. The Kier molecular flexibility index (Phi) is 6.12. The number of benzene rings is 2. The fraction of sp³-hybridized carbons (Fsp3) is 0.364. The number of anilines is 1. The molecule has 0 aliphatic heterocycles. The zero-order valence-electron chi connectivity index (χ0n) is 15.8. The van der Waals surface area contributed by atoms with Gasteiger partial charge in [-0.25, -0.2) is 0 Å². The summed E-state index contributed by atoms with van der Waals surface area (Å²) in [5.74, 6) is 0.603. The van der Waals surface area contributed by atoms with Crippen LogP contribution in [0.5, 0.6) is 5.75 Å². The van der Waals surface area contributed by atoms with Gasteiger partial charge in [-0.05, 0) is 42.2 Å². The largest absolute Gasteiger partial charge is 0.489 e. The van der Waals surface area contributed by atoms with E-state index in [1.807, 2.05) is 68.4 Å². The highest BCUT2D eigenvalue weighted by Gasteiger charge is 2.47. The number of hydrogen-bond acceptors (Lipinski definition) is 3. The lowest BCUT2D eigenvalue weighted by atomic mass is 10.2. The van der Waals surface area contributed by atoms with Crippen molar-refractivity contribution in [3.8, 4) is 5.75 Å². The Balaban J connectivity index is 1.44. The molecule has 2 aromatic rings. The van der Waals surface area contributed by atoms with Crippen molar-refractivity contribution < 1.29 is 14.3 Å². The lowest BCUT2D eigenvalue weighted by molar-refractivity contribution is -0.125. The summed E-state index contributed by atoms with van der Waals surface area (Å²) in [6, 6.07) is 17.2. The van der Waals surface area contributed by atoms with Crippen molar-refractivity contribution in [3.63, 3.8) is 0 Å². The number of amides is 2. The second kappa shape index (κ2) is 8.71. The van der Waals surface area contributed by atoms with Crippen LogP contribution in [-0.2, 0) is 16.2 Å². The van der Waals surface area contributed by atoms with Gasteiger partial charge in [-0.1, -0.05) is 44.2 Å². The van der Waals surface area contributed by atoms with E-state index in [0.29, 0.717) is 31.2 Å². The maximum atomic E-state index is 12.3. The van der Waals surface area contributed by atoms with E-state index < -0.39 is 0 Å². The van der Waals surface area contributed by atoms with E-state index in [9.17, 15) is 9.59 Å². The van der Waals surface area contributed by atoms with Crippen molar-refractivity contribution in [1.29, 1.82) is 0 Å². The van der Waals surface area contributed by atoms with E-state index in [1.54, 1.807) is 0 Å². The molecular weight excluding hydrogens is 340 g/mol. The molecule has 27 heavy (non-hydrogen) atoms. The van der Waals surface area contributed by atoms with Crippen molar-refractivity contribution in [2.24, 2.45) is 17.8 Å². The lowest BCUT2D eigenvalue weighted by Crippen LogP contribution is -2.30. The van der Waals surface area contributed by atoms with E-state index in [-0.39, 0.29) is 23.7 Å². The minimum Gasteiger partial charge on any atom is -0.489 e. The molecule has 0 saturated heterocycles. The molecule has 5 nitrogen and oxygen atoms in total. The minimum atomic E-state index is -0.230. The summed E-state index contributed by atoms with van der Waals surface area (Å²) >= 11 is 0. The molecule has 2 atom stereocenters. The molecule has 5 heteroatoms. The molecule has 0 radical (unpaired) electrons. The van der Waals surface area contributed by atoms with Gasteiger partial charge in [-0.15, -0.1) is 0 Å². The standard InChI is InChI=1S/C22H26N2O3/c1-15(2)13-23-21(25)19-12-20(19)22(26)24-17-8-10-18(11-9-17)27-14-16-6-4-3-5-7-16/h3-11,15,19-20H,12-14H2,1-2H3,(H,23,25)(H,24,26). The van der Waals surface area contributed by atoms with E-state index >= 15 is 0 Å². The predicted molar refractivity (Wildman–Crippen MR) is 105 cm³/mol. The SMILES string of the molecule is CC(C)CNC(=O)C1CC1C(=O)Nc1ccc(OCc2ccccc2)cc1. The molecule has 1 fully saturated rings. The molecule has 0 heterocycles. The van der Waals surface area contributed by atoms with Crippen LogP contribution in [0, 0.1) is 17.8 Å². The Morgan fingerprint density at radius 3 is 2.33 bits per heavy atom. The summed E-state index contributed by atoms with van der Waals surface area (Å²) in [5.41, 5.74) is 1.81.